The predicted molar refractivity (Wildman–Crippen MR) is 314 cm³/mol. The molecule has 2 unspecified atom stereocenters. The van der Waals surface area contributed by atoms with Crippen LogP contribution in [0, 0.1) is 29.9 Å². The van der Waals surface area contributed by atoms with E-state index in [0.29, 0.717) is 29.1 Å². The number of thiazole rings is 1. The molecule has 6 aromatic rings. The Labute approximate surface area is 486 Å². The number of carbonyl (C=O) groups is 4. The number of hydrogen-bond acceptors (Lipinski definition) is 13. The van der Waals surface area contributed by atoms with Crippen molar-refractivity contribution >= 4 is 67.5 Å². The summed E-state index contributed by atoms with van der Waals surface area (Å²) >= 11 is 1.57. The molecule has 18 nitrogen and oxygen atoms in total. The summed E-state index contributed by atoms with van der Waals surface area (Å²) in [5, 5.41) is 17.2. The molecule has 0 spiro atoms. The summed E-state index contributed by atoms with van der Waals surface area (Å²) in [7, 11) is -4.37. The summed E-state index contributed by atoms with van der Waals surface area (Å²) < 4.78 is 73.5. The number of aromatic nitrogens is 3. The van der Waals surface area contributed by atoms with Gasteiger partial charge in [0, 0.05) is 93.4 Å². The average molecular weight is 1180 g/mol. The number of β-amino-alcohol motifs (C(OH)–C–C–N with tert-alkyl or cyclic N) is 1. The second kappa shape index (κ2) is 24.8. The molecule has 3 aromatic heterocycles. The second-order valence-corrected chi connectivity index (χ2v) is 26.1. The number of ketones is 1. The Morgan fingerprint density at radius 2 is 1.57 bits per heavy atom. The minimum Gasteiger partial charge on any atom is -0.391 e. The number of anilines is 2. The molecule has 10 rings (SSSR count). The molecule has 0 radical (unpaired) electrons. The zero-order valence-corrected chi connectivity index (χ0v) is 49.0. The first-order valence-electron chi connectivity index (χ1n) is 28.4. The van der Waals surface area contributed by atoms with Crippen LogP contribution in [-0.4, -0.2) is 167 Å². The molecule has 442 valence electrons. The number of piperidine rings is 1. The Morgan fingerprint density at radius 1 is 0.855 bits per heavy atom. The number of H-pyrrole nitrogens is 1. The van der Waals surface area contributed by atoms with E-state index in [1.54, 1.807) is 23.6 Å². The number of alkyl halides is 1. The van der Waals surface area contributed by atoms with Gasteiger partial charge in [0.1, 0.15) is 29.7 Å². The van der Waals surface area contributed by atoms with E-state index in [1.807, 2.05) is 93.4 Å². The second-order valence-electron chi connectivity index (χ2n) is 23.6. The first-order valence-corrected chi connectivity index (χ1v) is 30.7. The lowest BCUT2D eigenvalue weighted by atomic mass is 9.85. The van der Waals surface area contributed by atoms with Gasteiger partial charge in [-0.1, -0.05) is 57.2 Å². The minimum atomic E-state index is -4.37. The molecule has 3 amide bonds. The number of pyridine rings is 1. The Kier molecular flexibility index (Phi) is 17.8. The summed E-state index contributed by atoms with van der Waals surface area (Å²) in [4.78, 5) is 77.1. The average Bonchev–Trinajstić information content (AvgIpc) is 4.13. The number of aryl methyl sites for hydroxylation is 1. The number of hydrogen-bond donors (Lipinski definition) is 5. The lowest BCUT2D eigenvalue weighted by Gasteiger charge is -2.36. The maximum atomic E-state index is 15.9. The van der Waals surface area contributed by atoms with Crippen molar-refractivity contribution in [1.82, 2.24) is 44.6 Å². The molecule has 4 aliphatic heterocycles. The summed E-state index contributed by atoms with van der Waals surface area (Å²) in [6, 6.07) is 17.2. The fraction of sp³-hybridized carbons (Fsp3) is 0.467. The number of amides is 3. The largest absolute Gasteiger partial charge is 0.391 e. The number of carbonyl (C=O) groups excluding carboxylic acids is 4. The Bertz CT molecular complexity index is 3460. The van der Waals surface area contributed by atoms with Gasteiger partial charge in [-0.3, -0.25) is 28.8 Å². The summed E-state index contributed by atoms with van der Waals surface area (Å²) in [6.45, 7) is 15.0. The van der Waals surface area contributed by atoms with Crippen LogP contribution >= 0.6 is 11.3 Å². The number of aliphatic hydroxyl groups is 1. The van der Waals surface area contributed by atoms with Gasteiger partial charge in [0.2, 0.25) is 23.5 Å². The van der Waals surface area contributed by atoms with E-state index in [2.05, 4.69) is 40.3 Å². The normalized spacial score (nSPS) is 20.6. The molecule has 3 aromatic carbocycles. The van der Waals surface area contributed by atoms with Crippen molar-refractivity contribution in [2.75, 3.05) is 81.6 Å². The van der Waals surface area contributed by atoms with Gasteiger partial charge in [-0.05, 0) is 111 Å². The smallest absolute Gasteiger partial charge is 0.301 e. The van der Waals surface area contributed by atoms with E-state index >= 15 is 8.78 Å². The minimum absolute atomic E-state index is 0.00514. The van der Waals surface area contributed by atoms with Crippen LogP contribution in [0.5, 0.6) is 0 Å². The molecule has 4 saturated heterocycles. The van der Waals surface area contributed by atoms with Crippen LogP contribution < -0.4 is 20.3 Å². The number of likely N-dealkylation sites (tertiary alicyclic amines) is 1. The number of nitrogens with zero attached hydrogens (tertiary/aromatic N) is 7. The van der Waals surface area contributed by atoms with Crippen molar-refractivity contribution in [3.8, 4) is 21.6 Å². The molecule has 0 bridgehead atoms. The monoisotopic (exact) mass is 1180 g/mol. The summed E-state index contributed by atoms with van der Waals surface area (Å²) in [5.74, 6) is -4.11. The lowest BCUT2D eigenvalue weighted by Crippen LogP contribution is -2.58. The highest BCUT2D eigenvalue weighted by molar-refractivity contribution is 7.90. The number of fused-ring (bicyclic) bond motifs is 1. The van der Waals surface area contributed by atoms with Crippen molar-refractivity contribution in [3.63, 3.8) is 0 Å². The van der Waals surface area contributed by atoms with Gasteiger partial charge in [0.25, 0.3) is 0 Å². The maximum absolute atomic E-state index is 15.9. The van der Waals surface area contributed by atoms with Crippen molar-refractivity contribution in [2.45, 2.75) is 97.1 Å². The predicted octanol–water partition coefficient (Wildman–Crippen LogP) is 7.47. The Morgan fingerprint density at radius 3 is 2.25 bits per heavy atom. The Balaban J connectivity index is 0.690. The van der Waals surface area contributed by atoms with Gasteiger partial charge in [-0.15, -0.1) is 11.3 Å². The third-order valence-corrected chi connectivity index (χ3v) is 19.0. The highest BCUT2D eigenvalue weighted by Gasteiger charge is 2.45. The summed E-state index contributed by atoms with van der Waals surface area (Å²) in [5.41, 5.74) is 5.25. The van der Waals surface area contributed by atoms with Gasteiger partial charge in [-0.2, -0.15) is 12.7 Å². The van der Waals surface area contributed by atoms with E-state index in [0.717, 1.165) is 108 Å². The number of rotatable bonds is 17. The van der Waals surface area contributed by atoms with Gasteiger partial charge in [-0.25, -0.2) is 23.1 Å². The van der Waals surface area contributed by atoms with Gasteiger partial charge in [0.15, 0.2) is 5.82 Å². The molecule has 7 heterocycles. The molecule has 4 fully saturated rings. The third kappa shape index (κ3) is 13.4. The Hall–Kier alpha value is -6.76. The number of halogens is 3. The molecule has 5 N–H and O–H groups in total. The fourth-order valence-corrected chi connectivity index (χ4v) is 13.9. The molecular formula is C60H72F3N11O7S2. The van der Waals surface area contributed by atoms with Crippen molar-refractivity contribution in [3.05, 3.63) is 119 Å². The van der Waals surface area contributed by atoms with Crippen LogP contribution in [0.1, 0.15) is 93.0 Å². The van der Waals surface area contributed by atoms with E-state index in [-0.39, 0.29) is 55.9 Å². The SMILES string of the molecule is Cc1ncsc1-c1ccc(C(C)NC(=O)[C@@H]2C[C@@H](O)CN2C(=O)C(NC(=O)CN2CCCN(CC3CCN(c4ccc(-c5cnc6[nH]cc(C(=O)c7c(F)ccc(NS(=O)(=O)N8CC[C@@H](F)C8)c7F)c6c5)cc4)CC3)CC2)C(C)(C)C)cc1. The number of nitrogens with one attached hydrogen (secondary N) is 4. The molecule has 5 atom stereocenters. The van der Waals surface area contributed by atoms with Crippen LogP contribution in [0.4, 0.5) is 24.5 Å². The fourth-order valence-electron chi connectivity index (χ4n) is 11.8. The van der Waals surface area contributed by atoms with Crippen LogP contribution in [-0.2, 0) is 24.6 Å². The van der Waals surface area contributed by atoms with E-state index in [1.165, 1.54) is 11.1 Å². The van der Waals surface area contributed by atoms with Crippen molar-refractivity contribution < 1.29 is 45.9 Å². The van der Waals surface area contributed by atoms with E-state index in [4.69, 9.17) is 0 Å². The van der Waals surface area contributed by atoms with Crippen molar-refractivity contribution in [1.29, 1.82) is 0 Å². The molecule has 23 heteroatoms. The highest BCUT2D eigenvalue weighted by atomic mass is 32.2. The maximum Gasteiger partial charge on any atom is 0.301 e. The molecule has 0 aliphatic carbocycles. The molecule has 0 saturated carbocycles. The standard InChI is InChI=1S/C60H72F3N11O7S2/c1-36(39-7-9-41(10-8-39)55-37(2)66-35-82-55)67-58(78)50-28-45(75)33-74(50)59(79)56(60(3,4)5)68-51(76)34-71-21-6-20-70(25-26-71)31-38-17-22-72(23-18-38)44-13-11-40(12-14-44)42-27-46-47(30-65-57(46)64-29-42)54(77)52-48(62)15-16-49(53(52)63)69-83(80,81)73-24-19-43(61)32-73/h7-16,27,29-30,35-36,38,43,45,50,56,69,75H,6,17-26,28,31-34H2,1-5H3,(H,64,65)(H,67,78)(H,68,76)/t36?,43-,45-,50+,56?/m1/s1. The first-order chi connectivity index (χ1) is 39.6. The number of aliphatic hydroxyl groups excluding tert-OH is 1. The summed E-state index contributed by atoms with van der Waals surface area (Å²) in [6.07, 6.45) is 3.71. The van der Waals surface area contributed by atoms with Gasteiger partial charge >= 0.3 is 10.2 Å². The van der Waals surface area contributed by atoms with Crippen LogP contribution in [0.2, 0.25) is 0 Å². The topological polar surface area (TPSA) is 217 Å². The highest BCUT2D eigenvalue weighted by Crippen LogP contribution is 2.34. The zero-order valence-electron chi connectivity index (χ0n) is 47.3. The number of benzene rings is 3. The van der Waals surface area contributed by atoms with Crippen molar-refractivity contribution in [2.24, 2.45) is 11.3 Å². The van der Waals surface area contributed by atoms with Gasteiger partial charge < -0.3 is 35.4 Å². The third-order valence-electron chi connectivity index (χ3n) is 16.6. The quantitative estimate of drug-likeness (QED) is 0.0563. The first kappa shape index (κ1) is 59.4. The van der Waals surface area contributed by atoms with E-state index in [9.17, 15) is 37.1 Å². The molecular weight excluding hydrogens is 1110 g/mol. The lowest BCUT2D eigenvalue weighted by molar-refractivity contribution is -0.144. The molecule has 83 heavy (non-hydrogen) atoms. The number of aromatic amines is 1. The van der Waals surface area contributed by atoms with Crippen LogP contribution in [0.25, 0.3) is 32.6 Å². The molecule has 4 aliphatic rings. The van der Waals surface area contributed by atoms with E-state index < -0.39 is 81.1 Å². The van der Waals surface area contributed by atoms with Crippen LogP contribution in [0.15, 0.2) is 84.6 Å². The zero-order chi connectivity index (χ0) is 58.9. The van der Waals surface area contributed by atoms with Gasteiger partial charge in [0.05, 0.1) is 46.0 Å². The van der Waals surface area contributed by atoms with Crippen LogP contribution in [0.3, 0.4) is 0 Å².